The highest BCUT2D eigenvalue weighted by Gasteiger charge is 2.19. The van der Waals surface area contributed by atoms with Gasteiger partial charge in [0.1, 0.15) is 10.7 Å². The lowest BCUT2D eigenvalue weighted by molar-refractivity contribution is 0.786. The summed E-state index contributed by atoms with van der Waals surface area (Å²) in [6.07, 6.45) is 0. The van der Waals surface area contributed by atoms with Gasteiger partial charge in [0.2, 0.25) is 0 Å². The van der Waals surface area contributed by atoms with Gasteiger partial charge in [-0.2, -0.15) is 0 Å². The van der Waals surface area contributed by atoms with Gasteiger partial charge in [0, 0.05) is 23.6 Å². The molecule has 0 spiro atoms. The predicted molar refractivity (Wildman–Crippen MR) is 131 cm³/mol. The van der Waals surface area contributed by atoms with E-state index >= 15 is 0 Å². The molecule has 0 amide bonds. The summed E-state index contributed by atoms with van der Waals surface area (Å²) in [5, 5.41) is 12.1. The van der Waals surface area contributed by atoms with Crippen LogP contribution in [0.3, 0.4) is 0 Å². The zero-order valence-corrected chi connectivity index (χ0v) is 19.5. The number of rotatable bonds is 5. The van der Waals surface area contributed by atoms with Crippen molar-refractivity contribution in [1.29, 1.82) is 0 Å². The van der Waals surface area contributed by atoms with Crippen molar-refractivity contribution >= 4 is 33.3 Å². The Morgan fingerprint density at radius 2 is 1.84 bits per heavy atom. The minimum absolute atomic E-state index is 0.0948. The molecule has 0 saturated carbocycles. The average molecular weight is 460 g/mol. The average Bonchev–Trinajstić information content (AvgIpc) is 3.38. The van der Waals surface area contributed by atoms with Crippen LogP contribution in [0.5, 0.6) is 0 Å². The first-order valence-electron chi connectivity index (χ1n) is 10.2. The van der Waals surface area contributed by atoms with Gasteiger partial charge in [0.15, 0.2) is 11.0 Å². The summed E-state index contributed by atoms with van der Waals surface area (Å²) in [5.41, 5.74) is 4.02. The largest absolute Gasteiger partial charge is 0.309 e. The van der Waals surface area contributed by atoms with Crippen LogP contribution in [0.1, 0.15) is 23.6 Å². The molecule has 0 aliphatic carbocycles. The third-order valence-electron chi connectivity index (χ3n) is 5.33. The topological polar surface area (TPSA) is 76.5 Å². The van der Waals surface area contributed by atoms with Crippen molar-refractivity contribution in [2.75, 3.05) is 0 Å². The number of hydrogen-bond acceptors (Lipinski definition) is 6. The molecular formula is C24H21N5OS2. The maximum atomic E-state index is 13.0. The van der Waals surface area contributed by atoms with E-state index in [0.717, 1.165) is 32.5 Å². The van der Waals surface area contributed by atoms with Crippen molar-refractivity contribution in [1.82, 2.24) is 24.7 Å². The van der Waals surface area contributed by atoms with Gasteiger partial charge >= 0.3 is 0 Å². The zero-order chi connectivity index (χ0) is 22.2. The summed E-state index contributed by atoms with van der Waals surface area (Å²) in [5.74, 6) is 1.44. The van der Waals surface area contributed by atoms with Crippen LogP contribution in [0.4, 0.5) is 0 Å². The number of nitrogens with one attached hydrogen (secondary N) is 1. The molecule has 160 valence electrons. The lowest BCUT2D eigenvalue weighted by Crippen LogP contribution is -2.12. The number of thiophene rings is 1. The molecule has 3 heterocycles. The Labute approximate surface area is 193 Å². The smallest absolute Gasteiger partial charge is 0.260 e. The van der Waals surface area contributed by atoms with Gasteiger partial charge in [-0.15, -0.1) is 21.5 Å². The highest BCUT2D eigenvalue weighted by Crippen LogP contribution is 2.35. The molecule has 0 aliphatic rings. The van der Waals surface area contributed by atoms with Gasteiger partial charge in [0.25, 0.3) is 5.56 Å². The second kappa shape index (κ2) is 8.37. The van der Waals surface area contributed by atoms with Crippen LogP contribution in [-0.2, 0) is 7.05 Å². The number of H-pyrrole nitrogens is 1. The fourth-order valence-electron chi connectivity index (χ4n) is 3.66. The van der Waals surface area contributed by atoms with Gasteiger partial charge < -0.3 is 9.55 Å². The highest BCUT2D eigenvalue weighted by molar-refractivity contribution is 7.99. The standard InChI is InChI=1S/C24H21N5OS2/c1-14-8-7-11-17(12-14)21-27-28-24(29(21)3)32-15(2)20-25-22(30)19-18(13-31-23(19)26-20)16-9-5-4-6-10-16/h4-13,15H,1-3H3,(H,25,26,30). The van der Waals surface area contributed by atoms with Crippen LogP contribution >= 0.6 is 23.1 Å². The monoisotopic (exact) mass is 459 g/mol. The molecule has 0 radical (unpaired) electrons. The minimum atomic E-state index is -0.115. The molecule has 1 unspecified atom stereocenters. The number of aryl methyl sites for hydroxylation is 1. The van der Waals surface area contributed by atoms with Crippen LogP contribution in [0.25, 0.3) is 32.7 Å². The Bertz CT molecular complexity index is 1470. The van der Waals surface area contributed by atoms with Crippen molar-refractivity contribution < 1.29 is 0 Å². The van der Waals surface area contributed by atoms with Crippen LogP contribution in [0, 0.1) is 6.92 Å². The molecule has 1 N–H and O–H groups in total. The van der Waals surface area contributed by atoms with Gasteiger partial charge in [-0.05, 0) is 25.5 Å². The van der Waals surface area contributed by atoms with Crippen molar-refractivity contribution in [3.05, 3.63) is 81.7 Å². The van der Waals surface area contributed by atoms with Crippen LogP contribution in [0.15, 0.2) is 69.9 Å². The lowest BCUT2D eigenvalue weighted by atomic mass is 10.1. The second-order valence-corrected chi connectivity index (χ2v) is 9.81. The van der Waals surface area contributed by atoms with E-state index in [9.17, 15) is 4.79 Å². The number of fused-ring (bicyclic) bond motifs is 1. The molecule has 32 heavy (non-hydrogen) atoms. The molecule has 6 nitrogen and oxygen atoms in total. The Balaban J connectivity index is 1.45. The molecule has 5 aromatic rings. The molecule has 2 aromatic carbocycles. The summed E-state index contributed by atoms with van der Waals surface area (Å²) in [6, 6.07) is 18.1. The normalized spacial score (nSPS) is 12.3. The Kier molecular flexibility index (Phi) is 5.40. The molecule has 3 aromatic heterocycles. The molecule has 0 fully saturated rings. The fraction of sp³-hybridized carbons (Fsp3) is 0.167. The van der Waals surface area contributed by atoms with E-state index in [-0.39, 0.29) is 10.8 Å². The summed E-state index contributed by atoms with van der Waals surface area (Å²) < 4.78 is 1.98. The van der Waals surface area contributed by atoms with Gasteiger partial charge in [0.05, 0.1) is 10.6 Å². The minimum Gasteiger partial charge on any atom is -0.309 e. The molecular weight excluding hydrogens is 438 g/mol. The first kappa shape index (κ1) is 20.7. The van der Waals surface area contributed by atoms with E-state index in [0.29, 0.717) is 11.2 Å². The van der Waals surface area contributed by atoms with E-state index in [1.807, 2.05) is 66.4 Å². The Morgan fingerprint density at radius 1 is 1.06 bits per heavy atom. The summed E-state index contributed by atoms with van der Waals surface area (Å²) >= 11 is 3.02. The van der Waals surface area contributed by atoms with Crippen LogP contribution in [0.2, 0.25) is 0 Å². The van der Waals surface area contributed by atoms with Crippen molar-refractivity contribution in [2.24, 2.45) is 7.05 Å². The van der Waals surface area contributed by atoms with E-state index in [2.05, 4.69) is 34.2 Å². The third kappa shape index (κ3) is 3.76. The quantitative estimate of drug-likeness (QED) is 0.346. The lowest BCUT2D eigenvalue weighted by Gasteiger charge is -2.10. The van der Waals surface area contributed by atoms with Gasteiger partial charge in [-0.1, -0.05) is 65.9 Å². The number of hydrogen-bond donors (Lipinski definition) is 1. The van der Waals surface area contributed by atoms with Gasteiger partial charge in [-0.25, -0.2) is 4.98 Å². The summed E-state index contributed by atoms with van der Waals surface area (Å²) in [7, 11) is 1.96. The summed E-state index contributed by atoms with van der Waals surface area (Å²) in [4.78, 5) is 21.5. The SMILES string of the molecule is Cc1cccc(-c2nnc(SC(C)c3nc4scc(-c5ccccc5)c4c(=O)[nH]3)n2C)c1. The first-order chi connectivity index (χ1) is 15.5. The predicted octanol–water partition coefficient (Wildman–Crippen LogP) is 5.61. The van der Waals surface area contributed by atoms with Crippen LogP contribution in [-0.4, -0.2) is 24.7 Å². The molecule has 0 saturated heterocycles. The second-order valence-electron chi connectivity index (χ2n) is 7.64. The molecule has 0 bridgehead atoms. The fourth-order valence-corrected chi connectivity index (χ4v) is 5.48. The van der Waals surface area contributed by atoms with E-state index in [1.54, 1.807) is 0 Å². The molecule has 8 heteroatoms. The molecule has 1 atom stereocenters. The maximum Gasteiger partial charge on any atom is 0.260 e. The number of nitrogens with zero attached hydrogens (tertiary/aromatic N) is 4. The zero-order valence-electron chi connectivity index (χ0n) is 17.9. The maximum absolute atomic E-state index is 13.0. The van der Waals surface area contributed by atoms with Gasteiger partial charge in [-0.3, -0.25) is 4.79 Å². The van der Waals surface area contributed by atoms with Crippen molar-refractivity contribution in [3.8, 4) is 22.5 Å². The van der Waals surface area contributed by atoms with Crippen molar-refractivity contribution in [3.63, 3.8) is 0 Å². The third-order valence-corrected chi connectivity index (χ3v) is 7.34. The number of aromatic nitrogens is 5. The van der Waals surface area contributed by atoms with E-state index in [1.165, 1.54) is 28.7 Å². The molecule has 0 aliphatic heterocycles. The van der Waals surface area contributed by atoms with E-state index < -0.39 is 0 Å². The molecule has 5 rings (SSSR count). The van der Waals surface area contributed by atoms with Crippen molar-refractivity contribution in [2.45, 2.75) is 24.3 Å². The number of aromatic amines is 1. The Hall–Kier alpha value is -3.23. The number of thioether (sulfide) groups is 1. The van der Waals surface area contributed by atoms with Crippen LogP contribution < -0.4 is 5.56 Å². The summed E-state index contributed by atoms with van der Waals surface area (Å²) in [6.45, 7) is 4.07. The number of benzene rings is 2. The highest BCUT2D eigenvalue weighted by atomic mass is 32.2. The van der Waals surface area contributed by atoms with E-state index in [4.69, 9.17) is 4.98 Å². The Morgan fingerprint density at radius 3 is 2.62 bits per heavy atom. The first-order valence-corrected chi connectivity index (χ1v) is 12.0.